The summed E-state index contributed by atoms with van der Waals surface area (Å²) in [5.74, 6) is -0.0714. The van der Waals surface area contributed by atoms with Gasteiger partial charge in [0.05, 0.1) is 17.7 Å². The van der Waals surface area contributed by atoms with Crippen LogP contribution in [-0.2, 0) is 0 Å². The van der Waals surface area contributed by atoms with Crippen molar-refractivity contribution >= 4 is 40.1 Å². The van der Waals surface area contributed by atoms with Gasteiger partial charge >= 0.3 is 0 Å². The van der Waals surface area contributed by atoms with Crippen LogP contribution in [0.15, 0.2) is 18.2 Å². The van der Waals surface area contributed by atoms with Crippen LogP contribution in [0.5, 0.6) is 0 Å². The molecule has 1 amide bonds. The highest BCUT2D eigenvalue weighted by Gasteiger charge is 2.30. The van der Waals surface area contributed by atoms with Gasteiger partial charge in [-0.25, -0.2) is 0 Å². The van der Waals surface area contributed by atoms with Crippen molar-refractivity contribution in [1.29, 1.82) is 0 Å². The van der Waals surface area contributed by atoms with E-state index in [-0.39, 0.29) is 11.9 Å². The van der Waals surface area contributed by atoms with Crippen molar-refractivity contribution in [3.8, 4) is 0 Å². The number of benzene rings is 1. The normalized spacial score (nSPS) is 23.2. The van der Waals surface area contributed by atoms with E-state index in [1.165, 1.54) is 0 Å². The number of aliphatic hydroxyl groups excluding tert-OH is 1. The Bertz CT molecular complexity index is 481. The average Bonchev–Trinajstić information content (AvgIpc) is 2.40. The number of amides is 1. The number of carbonyl (C=O) groups is 1. The van der Waals surface area contributed by atoms with Crippen molar-refractivity contribution in [2.45, 2.75) is 37.8 Å². The molecule has 0 saturated heterocycles. The van der Waals surface area contributed by atoms with E-state index in [2.05, 4.69) is 22.6 Å². The lowest BCUT2D eigenvalue weighted by atomic mass is 9.91. The number of halogens is 2. The Morgan fingerprint density at radius 2 is 2.11 bits per heavy atom. The Kier molecular flexibility index (Phi) is 5.09. The van der Waals surface area contributed by atoms with Crippen LogP contribution < -0.4 is 0 Å². The van der Waals surface area contributed by atoms with Crippen LogP contribution in [0.25, 0.3) is 0 Å². The van der Waals surface area contributed by atoms with Gasteiger partial charge in [0.2, 0.25) is 0 Å². The number of likely N-dealkylation sites (N-methyl/N-ethyl adjacent to an activating group) is 1. The van der Waals surface area contributed by atoms with Crippen molar-refractivity contribution in [2.24, 2.45) is 0 Å². The zero-order chi connectivity index (χ0) is 14.0. The van der Waals surface area contributed by atoms with Gasteiger partial charge in [0.1, 0.15) is 0 Å². The van der Waals surface area contributed by atoms with E-state index in [0.717, 1.165) is 29.3 Å². The molecule has 1 aliphatic rings. The SMILES string of the molecule is CN(C(=O)c1cc(Cl)ccc1I)C1CCCCC1O. The van der Waals surface area contributed by atoms with Crippen molar-refractivity contribution in [2.75, 3.05) is 7.05 Å². The van der Waals surface area contributed by atoms with E-state index in [0.29, 0.717) is 10.6 Å². The first-order valence-electron chi connectivity index (χ1n) is 6.41. The minimum atomic E-state index is -0.417. The van der Waals surface area contributed by atoms with E-state index < -0.39 is 6.10 Å². The maximum atomic E-state index is 12.5. The predicted octanol–water partition coefficient (Wildman–Crippen LogP) is 3.32. The summed E-state index contributed by atoms with van der Waals surface area (Å²) >= 11 is 8.09. The van der Waals surface area contributed by atoms with Crippen LogP contribution in [-0.4, -0.2) is 35.1 Å². The Morgan fingerprint density at radius 3 is 2.79 bits per heavy atom. The molecule has 2 atom stereocenters. The molecule has 0 heterocycles. The molecule has 5 heteroatoms. The van der Waals surface area contributed by atoms with Gasteiger partial charge in [-0.15, -0.1) is 0 Å². The first-order chi connectivity index (χ1) is 9.00. The van der Waals surface area contributed by atoms with Crippen molar-refractivity contribution in [3.05, 3.63) is 32.4 Å². The molecular formula is C14H17ClINO2. The third kappa shape index (κ3) is 3.41. The van der Waals surface area contributed by atoms with Crippen molar-refractivity contribution in [3.63, 3.8) is 0 Å². The molecule has 1 aromatic carbocycles. The number of rotatable bonds is 2. The van der Waals surface area contributed by atoms with Crippen LogP contribution in [0.2, 0.25) is 5.02 Å². The Hall–Kier alpha value is -0.330. The van der Waals surface area contributed by atoms with Gasteiger partial charge in [-0.3, -0.25) is 4.79 Å². The molecule has 0 radical (unpaired) electrons. The van der Waals surface area contributed by atoms with Gasteiger partial charge < -0.3 is 10.0 Å². The molecule has 1 saturated carbocycles. The molecule has 1 aliphatic carbocycles. The topological polar surface area (TPSA) is 40.5 Å². The molecule has 0 bridgehead atoms. The standard InChI is InChI=1S/C14H17ClINO2/c1-17(12-4-2-3-5-13(12)18)14(19)10-8-9(15)6-7-11(10)16/h6-8,12-13,18H,2-5H2,1H3. The quantitative estimate of drug-likeness (QED) is 0.783. The summed E-state index contributed by atoms with van der Waals surface area (Å²) in [5, 5.41) is 10.6. The molecule has 1 fully saturated rings. The highest BCUT2D eigenvalue weighted by molar-refractivity contribution is 14.1. The third-order valence-corrected chi connectivity index (χ3v) is 4.85. The van der Waals surface area contributed by atoms with E-state index in [1.54, 1.807) is 24.1 Å². The lowest BCUT2D eigenvalue weighted by Gasteiger charge is -2.35. The first kappa shape index (κ1) is 15.1. The molecule has 19 heavy (non-hydrogen) atoms. The van der Waals surface area contributed by atoms with Crippen LogP contribution >= 0.6 is 34.2 Å². The second kappa shape index (κ2) is 6.41. The van der Waals surface area contributed by atoms with Crippen LogP contribution in [0, 0.1) is 3.57 Å². The Morgan fingerprint density at radius 1 is 1.42 bits per heavy atom. The lowest BCUT2D eigenvalue weighted by Crippen LogP contribution is -2.46. The van der Waals surface area contributed by atoms with Crippen LogP contribution in [0.4, 0.5) is 0 Å². The monoisotopic (exact) mass is 393 g/mol. The summed E-state index contributed by atoms with van der Waals surface area (Å²) in [5.41, 5.74) is 0.605. The highest BCUT2D eigenvalue weighted by atomic mass is 127. The number of aliphatic hydroxyl groups is 1. The fourth-order valence-corrected chi connectivity index (χ4v) is 3.28. The summed E-state index contributed by atoms with van der Waals surface area (Å²) in [6.45, 7) is 0. The third-order valence-electron chi connectivity index (χ3n) is 3.67. The Labute approximate surface area is 132 Å². The molecule has 2 rings (SSSR count). The zero-order valence-corrected chi connectivity index (χ0v) is 13.7. The second-order valence-electron chi connectivity index (χ2n) is 4.96. The van der Waals surface area contributed by atoms with Gasteiger partial charge in [-0.05, 0) is 53.6 Å². The summed E-state index contributed by atoms with van der Waals surface area (Å²) in [7, 11) is 1.76. The van der Waals surface area contributed by atoms with E-state index in [9.17, 15) is 9.90 Å². The number of carbonyl (C=O) groups excluding carboxylic acids is 1. The predicted molar refractivity (Wildman–Crippen MR) is 84.5 cm³/mol. The average molecular weight is 394 g/mol. The van der Waals surface area contributed by atoms with E-state index >= 15 is 0 Å². The highest BCUT2D eigenvalue weighted by Crippen LogP contribution is 2.25. The fraction of sp³-hybridized carbons (Fsp3) is 0.500. The molecule has 1 N–H and O–H groups in total. The molecule has 0 aromatic heterocycles. The summed E-state index contributed by atoms with van der Waals surface area (Å²) in [6, 6.07) is 5.21. The van der Waals surface area contributed by atoms with Gasteiger partial charge in [0.15, 0.2) is 0 Å². The molecule has 2 unspecified atom stereocenters. The number of hydrogen-bond donors (Lipinski definition) is 1. The van der Waals surface area contributed by atoms with Gasteiger partial charge in [0, 0.05) is 15.6 Å². The van der Waals surface area contributed by atoms with Crippen molar-refractivity contribution < 1.29 is 9.90 Å². The second-order valence-corrected chi connectivity index (χ2v) is 6.56. The molecule has 0 aliphatic heterocycles. The minimum Gasteiger partial charge on any atom is -0.391 e. The molecular weight excluding hydrogens is 377 g/mol. The number of hydrogen-bond acceptors (Lipinski definition) is 2. The Balaban J connectivity index is 2.20. The lowest BCUT2D eigenvalue weighted by molar-refractivity contribution is 0.0267. The van der Waals surface area contributed by atoms with E-state index in [4.69, 9.17) is 11.6 Å². The summed E-state index contributed by atoms with van der Waals surface area (Å²) in [6.07, 6.45) is 3.31. The number of nitrogens with zero attached hydrogens (tertiary/aromatic N) is 1. The van der Waals surface area contributed by atoms with Crippen LogP contribution in [0.1, 0.15) is 36.0 Å². The maximum absolute atomic E-state index is 12.5. The molecule has 104 valence electrons. The van der Waals surface area contributed by atoms with E-state index in [1.807, 2.05) is 6.07 Å². The minimum absolute atomic E-state index is 0.0714. The van der Waals surface area contributed by atoms with Crippen molar-refractivity contribution in [1.82, 2.24) is 4.90 Å². The fourth-order valence-electron chi connectivity index (χ4n) is 2.55. The van der Waals surface area contributed by atoms with Gasteiger partial charge in [0.25, 0.3) is 5.91 Å². The summed E-state index contributed by atoms with van der Waals surface area (Å²) in [4.78, 5) is 14.2. The zero-order valence-electron chi connectivity index (χ0n) is 10.8. The largest absolute Gasteiger partial charge is 0.391 e. The van der Waals surface area contributed by atoms with Crippen LogP contribution in [0.3, 0.4) is 0 Å². The molecule has 3 nitrogen and oxygen atoms in total. The first-order valence-corrected chi connectivity index (χ1v) is 7.86. The molecule has 1 aromatic rings. The van der Waals surface area contributed by atoms with Gasteiger partial charge in [-0.1, -0.05) is 24.4 Å². The van der Waals surface area contributed by atoms with Gasteiger partial charge in [-0.2, -0.15) is 0 Å². The smallest absolute Gasteiger partial charge is 0.255 e. The summed E-state index contributed by atoms with van der Waals surface area (Å²) < 4.78 is 0.879. The molecule has 0 spiro atoms. The maximum Gasteiger partial charge on any atom is 0.255 e.